The summed E-state index contributed by atoms with van der Waals surface area (Å²) < 4.78 is 0. The Hall–Kier alpha value is -0.0900. The van der Waals surface area contributed by atoms with Gasteiger partial charge in [-0.3, -0.25) is 4.79 Å². The number of likely N-dealkylation sites (tertiary alicyclic amines) is 1. The highest BCUT2D eigenvalue weighted by Crippen LogP contribution is 2.19. The van der Waals surface area contributed by atoms with Crippen LogP contribution in [-0.4, -0.2) is 40.4 Å². The van der Waals surface area contributed by atoms with E-state index in [1.807, 2.05) is 4.90 Å². The Morgan fingerprint density at radius 1 is 1.77 bits per heavy atom. The van der Waals surface area contributed by atoms with Gasteiger partial charge in [0.2, 0.25) is 5.91 Å². The van der Waals surface area contributed by atoms with Gasteiger partial charge < -0.3 is 10.0 Å². The number of hydrogen-bond acceptors (Lipinski definition) is 2. The Morgan fingerprint density at radius 3 is 2.92 bits per heavy atom. The van der Waals surface area contributed by atoms with Gasteiger partial charge in [-0.25, -0.2) is 0 Å². The molecule has 0 spiro atoms. The molecule has 2 atom stereocenters. The summed E-state index contributed by atoms with van der Waals surface area (Å²) in [5.74, 6) is 0.594. The molecule has 0 aromatic rings. The molecule has 4 heteroatoms. The van der Waals surface area contributed by atoms with E-state index in [2.05, 4.69) is 22.9 Å². The molecule has 13 heavy (non-hydrogen) atoms. The molecular weight excluding hydrogens is 234 g/mol. The summed E-state index contributed by atoms with van der Waals surface area (Å²) >= 11 is 3.33. The van der Waals surface area contributed by atoms with E-state index in [1.165, 1.54) is 0 Å². The summed E-state index contributed by atoms with van der Waals surface area (Å²) in [7, 11) is 0. The number of carbonyl (C=O) groups is 1. The lowest BCUT2D eigenvalue weighted by atomic mass is 10.1. The molecule has 2 unspecified atom stereocenters. The van der Waals surface area contributed by atoms with E-state index in [0.717, 1.165) is 25.9 Å². The van der Waals surface area contributed by atoms with E-state index in [1.54, 1.807) is 0 Å². The first-order valence-corrected chi connectivity index (χ1v) is 5.60. The minimum atomic E-state index is 0.0221. The fourth-order valence-electron chi connectivity index (χ4n) is 1.57. The standard InChI is InChI=1S/C9H16BrNO2/c1-7(3-5-12)6-11-4-2-8(10)9(11)13/h7-8,12H,2-6H2,1H3. The van der Waals surface area contributed by atoms with Gasteiger partial charge in [0.25, 0.3) is 0 Å². The van der Waals surface area contributed by atoms with Crippen LogP contribution in [0.2, 0.25) is 0 Å². The Balaban J connectivity index is 2.33. The lowest BCUT2D eigenvalue weighted by Gasteiger charge is -2.20. The van der Waals surface area contributed by atoms with Crippen LogP contribution >= 0.6 is 15.9 Å². The zero-order valence-corrected chi connectivity index (χ0v) is 9.46. The van der Waals surface area contributed by atoms with Gasteiger partial charge >= 0.3 is 0 Å². The number of nitrogens with zero attached hydrogens (tertiary/aromatic N) is 1. The normalized spacial score (nSPS) is 25.3. The number of amides is 1. The third-order valence-electron chi connectivity index (χ3n) is 2.39. The number of halogens is 1. The second-order valence-corrected chi connectivity index (χ2v) is 4.76. The monoisotopic (exact) mass is 249 g/mol. The number of carbonyl (C=O) groups excluding carboxylic acids is 1. The molecule has 0 aromatic heterocycles. The number of aliphatic hydroxyl groups excluding tert-OH is 1. The van der Waals surface area contributed by atoms with Gasteiger partial charge in [-0.15, -0.1) is 0 Å². The van der Waals surface area contributed by atoms with Crippen molar-refractivity contribution >= 4 is 21.8 Å². The van der Waals surface area contributed by atoms with Crippen molar-refractivity contribution in [1.29, 1.82) is 0 Å². The van der Waals surface area contributed by atoms with Gasteiger partial charge in [-0.05, 0) is 18.8 Å². The van der Waals surface area contributed by atoms with E-state index < -0.39 is 0 Å². The first kappa shape index (κ1) is 11.0. The molecule has 3 nitrogen and oxygen atoms in total. The molecular formula is C9H16BrNO2. The van der Waals surface area contributed by atoms with Crippen LogP contribution in [0.25, 0.3) is 0 Å². The Kier molecular flexibility index (Phi) is 4.19. The van der Waals surface area contributed by atoms with Crippen LogP contribution < -0.4 is 0 Å². The van der Waals surface area contributed by atoms with Crippen LogP contribution in [0, 0.1) is 5.92 Å². The second kappa shape index (κ2) is 4.96. The summed E-state index contributed by atoms with van der Waals surface area (Å²) in [6, 6.07) is 0. The largest absolute Gasteiger partial charge is 0.396 e. The molecule has 0 aliphatic carbocycles. The molecule has 0 saturated carbocycles. The summed E-state index contributed by atoms with van der Waals surface area (Å²) in [4.78, 5) is 13.4. The van der Waals surface area contributed by atoms with Crippen LogP contribution in [0.4, 0.5) is 0 Å². The van der Waals surface area contributed by atoms with Crippen molar-refractivity contribution in [3.05, 3.63) is 0 Å². The minimum Gasteiger partial charge on any atom is -0.396 e. The zero-order chi connectivity index (χ0) is 9.84. The van der Waals surface area contributed by atoms with Gasteiger partial charge in [-0.2, -0.15) is 0 Å². The van der Waals surface area contributed by atoms with Crippen molar-refractivity contribution in [2.75, 3.05) is 19.7 Å². The SMILES string of the molecule is CC(CCO)CN1CCC(Br)C1=O. The first-order valence-electron chi connectivity index (χ1n) is 4.69. The van der Waals surface area contributed by atoms with Gasteiger partial charge in [0.1, 0.15) is 0 Å². The van der Waals surface area contributed by atoms with Crippen LogP contribution in [-0.2, 0) is 4.79 Å². The maximum absolute atomic E-state index is 11.5. The molecule has 1 saturated heterocycles. The maximum Gasteiger partial charge on any atom is 0.236 e. The molecule has 0 bridgehead atoms. The molecule has 76 valence electrons. The van der Waals surface area contributed by atoms with Crippen LogP contribution in [0.5, 0.6) is 0 Å². The van der Waals surface area contributed by atoms with Crippen molar-refractivity contribution < 1.29 is 9.90 Å². The highest BCUT2D eigenvalue weighted by Gasteiger charge is 2.29. The molecule has 0 radical (unpaired) electrons. The summed E-state index contributed by atoms with van der Waals surface area (Å²) in [6.45, 7) is 3.90. The summed E-state index contributed by atoms with van der Waals surface area (Å²) in [6.07, 6.45) is 1.68. The lowest BCUT2D eigenvalue weighted by molar-refractivity contribution is -0.127. The van der Waals surface area contributed by atoms with E-state index in [0.29, 0.717) is 5.92 Å². The van der Waals surface area contributed by atoms with Gasteiger partial charge in [0.15, 0.2) is 0 Å². The number of aliphatic hydroxyl groups is 1. The maximum atomic E-state index is 11.5. The van der Waals surface area contributed by atoms with Crippen molar-refractivity contribution in [2.45, 2.75) is 24.6 Å². The molecule has 1 rings (SSSR count). The highest BCUT2D eigenvalue weighted by atomic mass is 79.9. The molecule has 1 heterocycles. The van der Waals surface area contributed by atoms with Gasteiger partial charge in [0.05, 0.1) is 4.83 Å². The fourth-order valence-corrected chi connectivity index (χ4v) is 2.06. The van der Waals surface area contributed by atoms with Gasteiger partial charge in [-0.1, -0.05) is 22.9 Å². The number of alkyl halides is 1. The summed E-state index contributed by atoms with van der Waals surface area (Å²) in [5.41, 5.74) is 0. The highest BCUT2D eigenvalue weighted by molar-refractivity contribution is 9.10. The molecule has 1 aliphatic heterocycles. The molecule has 1 aliphatic rings. The summed E-state index contributed by atoms with van der Waals surface area (Å²) in [5, 5.41) is 8.72. The quantitative estimate of drug-likeness (QED) is 0.756. The molecule has 1 N–H and O–H groups in total. The topological polar surface area (TPSA) is 40.5 Å². The van der Waals surface area contributed by atoms with Crippen LogP contribution in [0.3, 0.4) is 0 Å². The third-order valence-corrected chi connectivity index (χ3v) is 3.24. The van der Waals surface area contributed by atoms with Crippen LogP contribution in [0.1, 0.15) is 19.8 Å². The average molecular weight is 250 g/mol. The van der Waals surface area contributed by atoms with Crippen LogP contribution in [0.15, 0.2) is 0 Å². The first-order chi connectivity index (χ1) is 6.15. The minimum absolute atomic E-state index is 0.0221. The van der Waals surface area contributed by atoms with Crippen molar-refractivity contribution in [2.24, 2.45) is 5.92 Å². The second-order valence-electron chi connectivity index (χ2n) is 3.66. The Labute approximate surface area is 87.2 Å². The Bertz CT molecular complexity index is 186. The molecule has 0 aromatic carbocycles. The molecule has 1 amide bonds. The molecule has 1 fully saturated rings. The zero-order valence-electron chi connectivity index (χ0n) is 7.87. The fraction of sp³-hybridized carbons (Fsp3) is 0.889. The third kappa shape index (κ3) is 2.95. The van der Waals surface area contributed by atoms with Gasteiger partial charge in [0, 0.05) is 19.7 Å². The average Bonchev–Trinajstić information content (AvgIpc) is 2.37. The van der Waals surface area contributed by atoms with Crippen molar-refractivity contribution in [1.82, 2.24) is 4.90 Å². The van der Waals surface area contributed by atoms with E-state index in [9.17, 15) is 4.79 Å². The van der Waals surface area contributed by atoms with E-state index in [4.69, 9.17) is 5.11 Å². The van der Waals surface area contributed by atoms with Crippen molar-refractivity contribution in [3.63, 3.8) is 0 Å². The van der Waals surface area contributed by atoms with E-state index >= 15 is 0 Å². The predicted octanol–water partition coefficient (Wildman–Crippen LogP) is 1.00. The number of hydrogen-bond donors (Lipinski definition) is 1. The smallest absolute Gasteiger partial charge is 0.236 e. The van der Waals surface area contributed by atoms with E-state index in [-0.39, 0.29) is 17.3 Å². The Morgan fingerprint density at radius 2 is 2.46 bits per heavy atom. The number of rotatable bonds is 4. The lowest BCUT2D eigenvalue weighted by Crippen LogP contribution is -2.32. The van der Waals surface area contributed by atoms with Crippen molar-refractivity contribution in [3.8, 4) is 0 Å². The predicted molar refractivity (Wildman–Crippen MR) is 54.8 cm³/mol.